The molecule has 1 heterocycles. The molecule has 1 aliphatic rings. The predicted molar refractivity (Wildman–Crippen MR) is 51.8 cm³/mol. The summed E-state index contributed by atoms with van der Waals surface area (Å²) < 4.78 is 5.56. The first-order valence-electron chi connectivity index (χ1n) is 4.94. The van der Waals surface area contributed by atoms with Gasteiger partial charge in [-0.3, -0.25) is 0 Å². The van der Waals surface area contributed by atoms with Gasteiger partial charge in [0.15, 0.2) is 0 Å². The summed E-state index contributed by atoms with van der Waals surface area (Å²) in [6.45, 7) is 4.90. The third-order valence-electron chi connectivity index (χ3n) is 2.22. The third kappa shape index (κ3) is 4.57. The molecular formula is C9H20N2O2. The fraction of sp³-hybridized carbons (Fsp3) is 1.00. The molecule has 78 valence electrons. The molecule has 0 aromatic rings. The van der Waals surface area contributed by atoms with Crippen LogP contribution >= 0.6 is 0 Å². The summed E-state index contributed by atoms with van der Waals surface area (Å²) in [5.74, 6) is 0. The summed E-state index contributed by atoms with van der Waals surface area (Å²) in [7, 11) is 2.06. The van der Waals surface area contributed by atoms with Crippen molar-refractivity contribution in [1.29, 1.82) is 0 Å². The lowest BCUT2D eigenvalue weighted by Crippen LogP contribution is -2.44. The van der Waals surface area contributed by atoms with Crippen LogP contribution < -0.4 is 5.32 Å². The maximum absolute atomic E-state index is 8.65. The Balaban J connectivity index is 2.07. The highest BCUT2D eigenvalue weighted by Gasteiger charge is 2.14. The Kier molecular flexibility index (Phi) is 5.31. The van der Waals surface area contributed by atoms with Crippen LogP contribution in [0.1, 0.15) is 6.42 Å². The van der Waals surface area contributed by atoms with Crippen molar-refractivity contribution in [2.45, 2.75) is 12.5 Å². The van der Waals surface area contributed by atoms with Crippen molar-refractivity contribution in [1.82, 2.24) is 10.2 Å². The molecule has 4 heteroatoms. The molecule has 1 aliphatic heterocycles. The van der Waals surface area contributed by atoms with Crippen LogP contribution in [0.2, 0.25) is 0 Å². The summed E-state index contributed by atoms with van der Waals surface area (Å²) in [5, 5.41) is 11.9. The lowest BCUT2D eigenvalue weighted by atomic mass is 10.3. The zero-order valence-electron chi connectivity index (χ0n) is 8.33. The maximum Gasteiger partial charge on any atom is 0.0826 e. The van der Waals surface area contributed by atoms with Crippen molar-refractivity contribution in [3.8, 4) is 0 Å². The number of ether oxygens (including phenoxy) is 1. The fourth-order valence-electron chi connectivity index (χ4n) is 1.52. The van der Waals surface area contributed by atoms with Gasteiger partial charge in [0.25, 0.3) is 0 Å². The normalized spacial score (nSPS) is 23.8. The standard InChI is InChI=1S/C9H20N2O2/c1-11(4-2-5-12)8-9-7-10-3-6-13-9/h9-10,12H,2-8H2,1H3. The molecule has 0 saturated carbocycles. The molecule has 1 rings (SSSR count). The molecule has 0 amide bonds. The summed E-state index contributed by atoms with van der Waals surface area (Å²) in [6, 6.07) is 0. The molecule has 0 aromatic carbocycles. The van der Waals surface area contributed by atoms with E-state index in [0.29, 0.717) is 6.10 Å². The highest BCUT2D eigenvalue weighted by molar-refractivity contribution is 4.70. The number of nitrogens with zero attached hydrogens (tertiary/aromatic N) is 1. The van der Waals surface area contributed by atoms with Crippen molar-refractivity contribution < 1.29 is 9.84 Å². The van der Waals surface area contributed by atoms with Gasteiger partial charge >= 0.3 is 0 Å². The summed E-state index contributed by atoms with van der Waals surface area (Å²) >= 11 is 0. The van der Waals surface area contributed by atoms with E-state index in [9.17, 15) is 0 Å². The molecule has 2 N–H and O–H groups in total. The third-order valence-corrected chi connectivity index (χ3v) is 2.22. The Bertz CT molecular complexity index is 127. The number of likely N-dealkylation sites (N-methyl/N-ethyl adjacent to an activating group) is 1. The molecule has 1 atom stereocenters. The Morgan fingerprint density at radius 3 is 3.08 bits per heavy atom. The van der Waals surface area contributed by atoms with E-state index >= 15 is 0 Å². The zero-order chi connectivity index (χ0) is 9.52. The van der Waals surface area contributed by atoms with Gasteiger partial charge in [0.05, 0.1) is 12.7 Å². The molecule has 0 aliphatic carbocycles. The molecule has 1 unspecified atom stereocenters. The summed E-state index contributed by atoms with van der Waals surface area (Å²) in [6.07, 6.45) is 1.16. The average molecular weight is 188 g/mol. The van der Waals surface area contributed by atoms with Crippen LogP contribution in [0.25, 0.3) is 0 Å². The van der Waals surface area contributed by atoms with Crippen LogP contribution in [0.3, 0.4) is 0 Å². The first kappa shape index (κ1) is 10.9. The summed E-state index contributed by atoms with van der Waals surface area (Å²) in [4.78, 5) is 2.20. The molecule has 0 spiro atoms. The van der Waals surface area contributed by atoms with Gasteiger partial charge in [0.2, 0.25) is 0 Å². The van der Waals surface area contributed by atoms with Crippen LogP contribution in [-0.4, -0.2) is 62.6 Å². The Labute approximate surface area is 79.9 Å². The van der Waals surface area contributed by atoms with Crippen molar-refractivity contribution in [3.05, 3.63) is 0 Å². The van der Waals surface area contributed by atoms with Gasteiger partial charge in [0, 0.05) is 32.8 Å². The van der Waals surface area contributed by atoms with Crippen LogP contribution in [-0.2, 0) is 4.74 Å². The van der Waals surface area contributed by atoms with E-state index in [2.05, 4.69) is 17.3 Å². The Morgan fingerprint density at radius 2 is 2.46 bits per heavy atom. The van der Waals surface area contributed by atoms with Gasteiger partial charge in [0.1, 0.15) is 0 Å². The highest BCUT2D eigenvalue weighted by atomic mass is 16.5. The second-order valence-corrected chi connectivity index (χ2v) is 3.54. The lowest BCUT2D eigenvalue weighted by Gasteiger charge is -2.27. The van der Waals surface area contributed by atoms with E-state index in [1.807, 2.05) is 0 Å². The number of aliphatic hydroxyl groups excluding tert-OH is 1. The highest BCUT2D eigenvalue weighted by Crippen LogP contribution is 1.98. The lowest BCUT2D eigenvalue weighted by molar-refractivity contribution is 0.00937. The van der Waals surface area contributed by atoms with Crippen molar-refractivity contribution in [2.24, 2.45) is 0 Å². The van der Waals surface area contributed by atoms with Crippen LogP contribution in [0.4, 0.5) is 0 Å². The quantitative estimate of drug-likeness (QED) is 0.598. The first-order valence-corrected chi connectivity index (χ1v) is 4.94. The summed E-state index contributed by atoms with van der Waals surface area (Å²) in [5.41, 5.74) is 0. The molecule has 0 bridgehead atoms. The molecule has 1 fully saturated rings. The second kappa shape index (κ2) is 6.32. The first-order chi connectivity index (χ1) is 6.33. The van der Waals surface area contributed by atoms with Gasteiger partial charge in [-0.25, -0.2) is 0 Å². The maximum atomic E-state index is 8.65. The van der Waals surface area contributed by atoms with Crippen molar-refractivity contribution >= 4 is 0 Å². The Morgan fingerprint density at radius 1 is 1.62 bits per heavy atom. The number of aliphatic hydroxyl groups is 1. The molecule has 13 heavy (non-hydrogen) atoms. The van der Waals surface area contributed by atoms with E-state index < -0.39 is 0 Å². The number of nitrogens with one attached hydrogen (secondary N) is 1. The number of morpholine rings is 1. The largest absolute Gasteiger partial charge is 0.396 e. The van der Waals surface area contributed by atoms with Gasteiger partial charge < -0.3 is 20.1 Å². The Hall–Kier alpha value is -0.160. The SMILES string of the molecule is CN(CCCO)CC1CNCCO1. The van der Waals surface area contributed by atoms with Gasteiger partial charge in [-0.05, 0) is 13.5 Å². The van der Waals surface area contributed by atoms with E-state index in [1.54, 1.807) is 0 Å². The van der Waals surface area contributed by atoms with Gasteiger partial charge in [-0.15, -0.1) is 0 Å². The van der Waals surface area contributed by atoms with Gasteiger partial charge in [-0.1, -0.05) is 0 Å². The number of hydrogen-bond acceptors (Lipinski definition) is 4. The minimum atomic E-state index is 0.272. The van der Waals surface area contributed by atoms with Crippen LogP contribution in [0.5, 0.6) is 0 Å². The van der Waals surface area contributed by atoms with E-state index in [-0.39, 0.29) is 6.61 Å². The minimum Gasteiger partial charge on any atom is -0.396 e. The van der Waals surface area contributed by atoms with Crippen molar-refractivity contribution in [3.63, 3.8) is 0 Å². The molecule has 0 aromatic heterocycles. The predicted octanol–water partition coefficient (Wildman–Crippen LogP) is -0.711. The molecular weight excluding hydrogens is 168 g/mol. The van der Waals surface area contributed by atoms with Crippen LogP contribution in [0, 0.1) is 0 Å². The smallest absolute Gasteiger partial charge is 0.0826 e. The number of rotatable bonds is 5. The van der Waals surface area contributed by atoms with E-state index in [4.69, 9.17) is 9.84 Å². The van der Waals surface area contributed by atoms with Gasteiger partial charge in [-0.2, -0.15) is 0 Å². The van der Waals surface area contributed by atoms with Crippen molar-refractivity contribution in [2.75, 3.05) is 46.4 Å². The van der Waals surface area contributed by atoms with E-state index in [0.717, 1.165) is 39.2 Å². The topological polar surface area (TPSA) is 44.7 Å². The monoisotopic (exact) mass is 188 g/mol. The zero-order valence-corrected chi connectivity index (χ0v) is 8.33. The van der Waals surface area contributed by atoms with Crippen LogP contribution in [0.15, 0.2) is 0 Å². The number of hydrogen-bond donors (Lipinski definition) is 2. The second-order valence-electron chi connectivity index (χ2n) is 3.54. The molecule has 0 radical (unpaired) electrons. The molecule has 1 saturated heterocycles. The van der Waals surface area contributed by atoms with E-state index in [1.165, 1.54) is 0 Å². The minimum absolute atomic E-state index is 0.272. The fourth-order valence-corrected chi connectivity index (χ4v) is 1.52. The molecule has 4 nitrogen and oxygen atoms in total. The average Bonchev–Trinajstić information content (AvgIpc) is 2.16.